The molecule has 0 unspecified atom stereocenters. The first-order valence-electron chi connectivity index (χ1n) is 3.24. The summed E-state index contributed by atoms with van der Waals surface area (Å²) in [7, 11) is 0. The van der Waals surface area contributed by atoms with Crippen molar-refractivity contribution in [3.8, 4) is 0 Å². The number of hydrogen-bond donors (Lipinski definition) is 2. The van der Waals surface area contributed by atoms with Gasteiger partial charge in [-0.25, -0.2) is 0 Å². The van der Waals surface area contributed by atoms with Gasteiger partial charge in [0.15, 0.2) is 0 Å². The van der Waals surface area contributed by atoms with Crippen LogP contribution in [0.25, 0.3) is 10.9 Å². The fraction of sp³-hybridized carbons (Fsp3) is 0. The Morgan fingerprint density at radius 1 is 1.08 bits per heavy atom. The lowest BCUT2D eigenvalue weighted by molar-refractivity contribution is 1.08. The van der Waals surface area contributed by atoms with E-state index in [9.17, 15) is 4.79 Å². The van der Waals surface area contributed by atoms with Gasteiger partial charge in [-0.2, -0.15) is 0 Å². The Kier molecular flexibility index (Phi) is 1.63. The number of aromatic amines is 2. The number of fused-ring (bicyclic) bond motifs is 1. The lowest BCUT2D eigenvalue weighted by atomic mass is 10.2. The summed E-state index contributed by atoms with van der Waals surface area (Å²) in [6, 6.07) is 3.23. The molecule has 2 rings (SSSR count). The SMILES string of the molecule is O=c1[nH][nH]c2c(Cl)ccc(Cl)c12. The Morgan fingerprint density at radius 3 is 2.42 bits per heavy atom. The van der Waals surface area contributed by atoms with Crippen LogP contribution in [0.2, 0.25) is 10.0 Å². The van der Waals surface area contributed by atoms with Gasteiger partial charge in [0, 0.05) is 0 Å². The van der Waals surface area contributed by atoms with Crippen molar-refractivity contribution in [1.82, 2.24) is 10.2 Å². The van der Waals surface area contributed by atoms with Gasteiger partial charge >= 0.3 is 0 Å². The van der Waals surface area contributed by atoms with Crippen LogP contribution < -0.4 is 5.56 Å². The van der Waals surface area contributed by atoms with Crippen LogP contribution in [0, 0.1) is 0 Å². The van der Waals surface area contributed by atoms with Crippen molar-refractivity contribution < 1.29 is 0 Å². The van der Waals surface area contributed by atoms with Crippen molar-refractivity contribution in [2.75, 3.05) is 0 Å². The Labute approximate surface area is 77.3 Å². The highest BCUT2D eigenvalue weighted by Gasteiger charge is 2.07. The number of H-pyrrole nitrogens is 2. The van der Waals surface area contributed by atoms with Gasteiger partial charge in [-0.1, -0.05) is 23.2 Å². The highest BCUT2D eigenvalue weighted by Crippen LogP contribution is 2.24. The summed E-state index contributed by atoms with van der Waals surface area (Å²) in [5, 5.41) is 6.34. The van der Waals surface area contributed by atoms with E-state index < -0.39 is 0 Å². The highest BCUT2D eigenvalue weighted by molar-refractivity contribution is 6.39. The van der Waals surface area contributed by atoms with Crippen LogP contribution in [-0.4, -0.2) is 10.2 Å². The van der Waals surface area contributed by atoms with Gasteiger partial charge in [-0.3, -0.25) is 15.0 Å². The van der Waals surface area contributed by atoms with Crippen molar-refractivity contribution in [3.05, 3.63) is 32.5 Å². The van der Waals surface area contributed by atoms with Crippen molar-refractivity contribution in [1.29, 1.82) is 0 Å². The first kappa shape index (κ1) is 7.71. The van der Waals surface area contributed by atoms with Crippen LogP contribution in [0.3, 0.4) is 0 Å². The largest absolute Gasteiger partial charge is 0.296 e. The Hall–Kier alpha value is -0.930. The third-order valence-electron chi connectivity index (χ3n) is 1.63. The first-order valence-corrected chi connectivity index (χ1v) is 4.00. The number of hydrogen-bond acceptors (Lipinski definition) is 1. The first-order chi connectivity index (χ1) is 5.70. The van der Waals surface area contributed by atoms with E-state index in [0.717, 1.165) is 0 Å². The summed E-state index contributed by atoms with van der Waals surface area (Å²) in [5.74, 6) is 0. The molecule has 2 N–H and O–H groups in total. The third-order valence-corrected chi connectivity index (χ3v) is 2.26. The van der Waals surface area contributed by atoms with Crippen LogP contribution in [0.4, 0.5) is 0 Å². The van der Waals surface area contributed by atoms with Gasteiger partial charge < -0.3 is 0 Å². The van der Waals surface area contributed by atoms with Gasteiger partial charge in [-0.15, -0.1) is 0 Å². The molecule has 1 heterocycles. The molecule has 0 aliphatic carbocycles. The predicted molar refractivity (Wildman–Crippen MR) is 48.9 cm³/mol. The summed E-state index contributed by atoms with van der Waals surface area (Å²) in [6.07, 6.45) is 0. The monoisotopic (exact) mass is 202 g/mol. The topological polar surface area (TPSA) is 48.6 Å². The molecular formula is C7H4Cl2N2O. The molecule has 0 fully saturated rings. The van der Waals surface area contributed by atoms with Crippen molar-refractivity contribution in [2.24, 2.45) is 0 Å². The molecule has 62 valence electrons. The molecule has 1 aromatic carbocycles. The van der Waals surface area contributed by atoms with E-state index in [1.807, 2.05) is 0 Å². The molecule has 0 atom stereocenters. The fourth-order valence-electron chi connectivity index (χ4n) is 1.08. The summed E-state index contributed by atoms with van der Waals surface area (Å²) in [6.45, 7) is 0. The molecule has 1 aromatic heterocycles. The van der Waals surface area contributed by atoms with Gasteiger partial charge in [0.25, 0.3) is 5.56 Å². The molecule has 0 spiro atoms. The molecule has 0 aliphatic heterocycles. The minimum absolute atomic E-state index is 0.252. The minimum atomic E-state index is -0.252. The van der Waals surface area contributed by atoms with Gasteiger partial charge in [-0.05, 0) is 12.1 Å². The van der Waals surface area contributed by atoms with E-state index >= 15 is 0 Å². The van der Waals surface area contributed by atoms with Gasteiger partial charge in [0.05, 0.1) is 20.9 Å². The van der Waals surface area contributed by atoms with Crippen LogP contribution in [-0.2, 0) is 0 Å². The fourth-order valence-corrected chi connectivity index (χ4v) is 1.53. The standard InChI is InChI=1S/C7H4Cl2N2O/c8-3-1-2-4(9)6-5(3)7(12)11-10-6/h1-2H,(H2,10,11,12). The zero-order valence-electron chi connectivity index (χ0n) is 5.82. The Morgan fingerprint density at radius 2 is 1.75 bits per heavy atom. The summed E-state index contributed by atoms with van der Waals surface area (Å²) < 4.78 is 0. The molecule has 3 nitrogen and oxygen atoms in total. The maximum atomic E-state index is 11.1. The second-order valence-electron chi connectivity index (χ2n) is 2.36. The number of rotatable bonds is 0. The Bertz CT molecular complexity index is 486. The molecule has 0 aliphatic rings. The number of halogens is 2. The molecule has 12 heavy (non-hydrogen) atoms. The van der Waals surface area contributed by atoms with Crippen LogP contribution >= 0.6 is 23.2 Å². The molecule has 0 amide bonds. The van der Waals surface area contributed by atoms with Crippen molar-refractivity contribution in [2.45, 2.75) is 0 Å². The van der Waals surface area contributed by atoms with E-state index in [0.29, 0.717) is 20.9 Å². The smallest absolute Gasteiger partial charge is 0.273 e. The average molecular weight is 203 g/mol. The number of aromatic nitrogens is 2. The average Bonchev–Trinajstić information content (AvgIpc) is 2.42. The molecule has 0 saturated heterocycles. The van der Waals surface area contributed by atoms with E-state index in [-0.39, 0.29) is 5.56 Å². The zero-order valence-corrected chi connectivity index (χ0v) is 7.33. The van der Waals surface area contributed by atoms with E-state index in [4.69, 9.17) is 23.2 Å². The minimum Gasteiger partial charge on any atom is -0.296 e. The number of nitrogens with one attached hydrogen (secondary N) is 2. The summed E-state index contributed by atoms with van der Waals surface area (Å²) in [5.41, 5.74) is 0.298. The zero-order chi connectivity index (χ0) is 8.72. The lowest BCUT2D eigenvalue weighted by Crippen LogP contribution is -1.97. The Balaban J connectivity index is 3.09. The van der Waals surface area contributed by atoms with Crippen LogP contribution in [0.1, 0.15) is 0 Å². The second kappa shape index (κ2) is 2.54. The molecule has 5 heteroatoms. The lowest BCUT2D eigenvalue weighted by Gasteiger charge is -1.92. The van der Waals surface area contributed by atoms with E-state index in [1.54, 1.807) is 12.1 Å². The normalized spacial score (nSPS) is 10.8. The highest BCUT2D eigenvalue weighted by atomic mass is 35.5. The van der Waals surface area contributed by atoms with Crippen LogP contribution in [0.5, 0.6) is 0 Å². The molecule has 0 bridgehead atoms. The quantitative estimate of drug-likeness (QED) is 0.677. The van der Waals surface area contributed by atoms with Crippen molar-refractivity contribution >= 4 is 34.1 Å². The maximum absolute atomic E-state index is 11.1. The predicted octanol–water partition coefficient (Wildman–Crippen LogP) is 2.16. The molecular weight excluding hydrogens is 199 g/mol. The van der Waals surface area contributed by atoms with Gasteiger partial charge in [0.1, 0.15) is 0 Å². The summed E-state index contributed by atoms with van der Waals surface area (Å²) in [4.78, 5) is 11.1. The third kappa shape index (κ3) is 0.940. The molecule has 0 radical (unpaired) electrons. The van der Waals surface area contributed by atoms with E-state index in [2.05, 4.69) is 10.2 Å². The number of benzene rings is 1. The summed E-state index contributed by atoms with van der Waals surface area (Å²) >= 11 is 11.6. The molecule has 2 aromatic rings. The molecule has 0 saturated carbocycles. The van der Waals surface area contributed by atoms with Crippen LogP contribution in [0.15, 0.2) is 16.9 Å². The maximum Gasteiger partial charge on any atom is 0.273 e. The second-order valence-corrected chi connectivity index (χ2v) is 3.17. The van der Waals surface area contributed by atoms with E-state index in [1.165, 1.54) is 0 Å². The van der Waals surface area contributed by atoms with Gasteiger partial charge in [0.2, 0.25) is 0 Å². The van der Waals surface area contributed by atoms with Crippen molar-refractivity contribution in [3.63, 3.8) is 0 Å².